The van der Waals surface area contributed by atoms with Crippen molar-refractivity contribution in [1.29, 1.82) is 0 Å². The average Bonchev–Trinajstić information content (AvgIpc) is 3.37. The maximum atomic E-state index is 14.9. The number of nitrogens with one attached hydrogen (secondary N) is 7. The number of aromatic hydroxyl groups is 1. The fourth-order valence-electron chi connectivity index (χ4n) is 7.75. The molecule has 0 saturated carbocycles. The number of hydrogen-bond donors (Lipinski definition) is 12. The number of hydrogen-bond acceptors (Lipinski definition) is 15. The number of fused-ring (bicyclic) bond motifs is 1. The standard InChI is InChI=1S/C50H64N10O13S3/c1-29(2)43(50(70)71)57-48(68)41-28-75-74-27-40(55-44(64)36(52)25-42(62)63)47(67)54-39(23-30-10-4-3-5-11-30)49(69)58-60(26-32-15-18-33-12-6-7-13-34(33)22-32)76(72,73)59-37(14-8-9-21-51)45(65)53-38(46(66)56-41)24-31-16-19-35(61)20-17-31/h3-7,10-13,15-20,22,29,36-41,43,59,61H,8-9,14,21,23-28,51-52H2,1-2H3,(H,53,65)(H,54,67)(H,55,64)(H,56,66)(H,57,68)(H,58,69)(H,62,63)(H,70,71)/t36-,37-,38-,39-,40-,41-,43-/m0/s1. The van der Waals surface area contributed by atoms with E-state index in [0.717, 1.165) is 32.4 Å². The van der Waals surface area contributed by atoms with Crippen molar-refractivity contribution < 1.29 is 62.1 Å². The van der Waals surface area contributed by atoms with Gasteiger partial charge in [0.2, 0.25) is 29.5 Å². The van der Waals surface area contributed by atoms with Gasteiger partial charge in [-0.05, 0) is 71.0 Å². The Balaban J connectivity index is 1.65. The smallest absolute Gasteiger partial charge is 0.326 e. The number of carbonyl (C=O) groups is 8. The normalized spacial score (nSPS) is 21.2. The maximum Gasteiger partial charge on any atom is 0.326 e. The van der Waals surface area contributed by atoms with Crippen LogP contribution in [0.5, 0.6) is 5.75 Å². The third-order valence-electron chi connectivity index (χ3n) is 11.9. The molecule has 23 nitrogen and oxygen atoms in total. The van der Waals surface area contributed by atoms with Gasteiger partial charge in [-0.3, -0.25) is 39.0 Å². The Labute approximate surface area is 447 Å². The second-order valence-electron chi connectivity index (χ2n) is 18.3. The van der Waals surface area contributed by atoms with Gasteiger partial charge in [0.1, 0.15) is 42.0 Å². The van der Waals surface area contributed by atoms with Gasteiger partial charge in [-0.2, -0.15) is 13.1 Å². The molecule has 5 rings (SSSR count). The number of hydrazine groups is 1. The highest BCUT2D eigenvalue weighted by molar-refractivity contribution is 8.76. The number of carboxylic acid groups (broad SMARTS) is 2. The van der Waals surface area contributed by atoms with E-state index in [2.05, 4.69) is 36.7 Å². The van der Waals surface area contributed by atoms with Gasteiger partial charge in [-0.1, -0.05) is 125 Å². The summed E-state index contributed by atoms with van der Waals surface area (Å²) in [7, 11) is -3.21. The van der Waals surface area contributed by atoms with Gasteiger partial charge < -0.3 is 53.4 Å². The molecule has 7 atom stereocenters. The van der Waals surface area contributed by atoms with Crippen LogP contribution >= 0.6 is 21.6 Å². The first-order valence-electron chi connectivity index (χ1n) is 24.2. The van der Waals surface area contributed by atoms with E-state index in [0.29, 0.717) is 27.5 Å². The van der Waals surface area contributed by atoms with Crippen LogP contribution in [0.2, 0.25) is 0 Å². The minimum atomic E-state index is -5.02. The molecule has 0 aromatic heterocycles. The van der Waals surface area contributed by atoms with Gasteiger partial charge in [0.15, 0.2) is 0 Å². The topological polar surface area (TPSA) is 371 Å². The van der Waals surface area contributed by atoms with Gasteiger partial charge in [0, 0.05) is 24.3 Å². The second kappa shape index (κ2) is 28.9. The summed E-state index contributed by atoms with van der Waals surface area (Å²) in [6.07, 6.45) is -0.947. The van der Waals surface area contributed by atoms with Crippen LogP contribution in [0, 0.1) is 5.92 Å². The highest BCUT2D eigenvalue weighted by Crippen LogP contribution is 2.25. The Morgan fingerprint density at radius 2 is 1.33 bits per heavy atom. The number of benzene rings is 4. The molecule has 1 fully saturated rings. The van der Waals surface area contributed by atoms with Crippen LogP contribution in [0.15, 0.2) is 97.1 Å². The van der Waals surface area contributed by atoms with Crippen molar-refractivity contribution in [3.8, 4) is 5.75 Å². The summed E-state index contributed by atoms with van der Waals surface area (Å²) in [6, 6.07) is 15.4. The molecular formula is C50H64N10O13S3. The van der Waals surface area contributed by atoms with Gasteiger partial charge in [0.25, 0.3) is 16.1 Å². The lowest BCUT2D eigenvalue weighted by Gasteiger charge is -2.30. The summed E-state index contributed by atoms with van der Waals surface area (Å²) >= 11 is 0. The fraction of sp³-hybridized carbons (Fsp3) is 0.400. The molecule has 1 aliphatic heterocycles. The zero-order valence-corrected chi connectivity index (χ0v) is 44.1. The van der Waals surface area contributed by atoms with Crippen molar-refractivity contribution in [2.45, 2.75) is 101 Å². The van der Waals surface area contributed by atoms with Crippen molar-refractivity contribution in [2.75, 3.05) is 18.1 Å². The predicted octanol–water partition coefficient (Wildman–Crippen LogP) is 0.558. The Kier molecular flexibility index (Phi) is 22.8. The fourth-order valence-corrected chi connectivity index (χ4v) is 11.3. The van der Waals surface area contributed by atoms with E-state index in [1.54, 1.807) is 74.5 Å². The first kappa shape index (κ1) is 60.1. The van der Waals surface area contributed by atoms with Crippen molar-refractivity contribution in [3.05, 3.63) is 114 Å². The van der Waals surface area contributed by atoms with Crippen LogP contribution in [0.1, 0.15) is 56.2 Å². The molecule has 4 aromatic rings. The molecule has 0 spiro atoms. The third kappa shape index (κ3) is 18.5. The largest absolute Gasteiger partial charge is 0.508 e. The number of phenols is 1. The molecule has 26 heteroatoms. The molecule has 76 heavy (non-hydrogen) atoms. The van der Waals surface area contributed by atoms with E-state index in [4.69, 9.17) is 11.5 Å². The summed E-state index contributed by atoms with van der Waals surface area (Å²) in [6.45, 7) is 2.75. The second-order valence-corrected chi connectivity index (χ2v) is 22.4. The van der Waals surface area contributed by atoms with Crippen LogP contribution in [0.3, 0.4) is 0 Å². The Hall–Kier alpha value is -6.81. The van der Waals surface area contributed by atoms with E-state index in [-0.39, 0.29) is 49.5 Å². The first-order valence-corrected chi connectivity index (χ1v) is 28.1. The lowest BCUT2D eigenvalue weighted by molar-refractivity contribution is -0.143. The van der Waals surface area contributed by atoms with Crippen LogP contribution in [-0.4, -0.2) is 136 Å². The zero-order valence-electron chi connectivity index (χ0n) is 41.7. The zero-order chi connectivity index (χ0) is 55.5. The molecule has 0 radical (unpaired) electrons. The molecular weight excluding hydrogens is 1040 g/mol. The minimum absolute atomic E-state index is 0.110. The van der Waals surface area contributed by atoms with Gasteiger partial charge >= 0.3 is 11.9 Å². The molecule has 14 N–H and O–H groups in total. The summed E-state index contributed by atoms with van der Waals surface area (Å²) in [5, 5.41) is 43.6. The quantitative estimate of drug-likeness (QED) is 0.0478. The van der Waals surface area contributed by atoms with Crippen LogP contribution in [0.25, 0.3) is 10.8 Å². The molecule has 1 heterocycles. The van der Waals surface area contributed by atoms with E-state index < -0.39 is 119 Å². The number of amides is 6. The molecule has 1 aliphatic rings. The number of nitrogens with zero attached hydrogens (tertiary/aromatic N) is 1. The SMILES string of the molecule is CC(C)[C@H](NC(=O)[C@@H]1CSSC[C@H](NC(=O)[C@@H](N)CC(=O)O)C(=O)N[C@@H](Cc2ccccc2)C(=O)NN(Cc2ccc3ccccc3c2)S(=O)(=O)N[C@@H](CCCCN)C(=O)N[C@@H](Cc2ccc(O)cc2)C(=O)N1)C(=O)O. The van der Waals surface area contributed by atoms with Crippen molar-refractivity contribution in [3.63, 3.8) is 0 Å². The number of carbonyl (C=O) groups excluding carboxylic acids is 6. The highest BCUT2D eigenvalue weighted by atomic mass is 33.1. The predicted molar refractivity (Wildman–Crippen MR) is 286 cm³/mol. The summed E-state index contributed by atoms with van der Waals surface area (Å²) in [5.74, 6) is -10.2. The number of rotatable bonds is 18. The van der Waals surface area contributed by atoms with Crippen LogP contribution < -0.4 is 48.2 Å². The molecule has 1 saturated heterocycles. The van der Waals surface area contributed by atoms with Crippen molar-refractivity contribution in [1.82, 2.24) is 41.1 Å². The minimum Gasteiger partial charge on any atom is -0.508 e. The first-order chi connectivity index (χ1) is 36.1. The van der Waals surface area contributed by atoms with Crippen LogP contribution in [0.4, 0.5) is 0 Å². The Morgan fingerprint density at radius 3 is 1.97 bits per heavy atom. The number of unbranched alkanes of at least 4 members (excludes halogenated alkanes) is 1. The van der Waals surface area contributed by atoms with E-state index in [9.17, 15) is 62.1 Å². The lowest BCUT2D eigenvalue weighted by atomic mass is 10.0. The summed E-state index contributed by atoms with van der Waals surface area (Å²) < 4.78 is 32.8. The Bertz CT molecular complexity index is 2790. The van der Waals surface area contributed by atoms with E-state index >= 15 is 0 Å². The van der Waals surface area contributed by atoms with E-state index in [1.165, 1.54) is 24.3 Å². The van der Waals surface area contributed by atoms with Crippen molar-refractivity contribution >= 4 is 90.0 Å². The number of carboxylic acids is 2. The molecule has 0 unspecified atom stereocenters. The lowest BCUT2D eigenvalue weighted by Crippen LogP contribution is -2.62. The summed E-state index contributed by atoms with van der Waals surface area (Å²) in [4.78, 5) is 109. The molecule has 4 aromatic carbocycles. The third-order valence-corrected chi connectivity index (χ3v) is 15.7. The maximum absolute atomic E-state index is 14.9. The van der Waals surface area contributed by atoms with Gasteiger partial charge in [0.05, 0.1) is 19.0 Å². The number of phenolic OH excluding ortho intramolecular Hbond substituents is 1. The highest BCUT2D eigenvalue weighted by Gasteiger charge is 2.37. The molecule has 0 bridgehead atoms. The Morgan fingerprint density at radius 1 is 0.737 bits per heavy atom. The monoisotopic (exact) mass is 1110 g/mol. The average molecular weight is 1110 g/mol. The summed E-state index contributed by atoms with van der Waals surface area (Å²) in [5.41, 5.74) is 15.4. The van der Waals surface area contributed by atoms with Crippen molar-refractivity contribution in [2.24, 2.45) is 17.4 Å². The van der Waals surface area contributed by atoms with E-state index in [1.807, 2.05) is 12.1 Å². The number of nitrogens with two attached hydrogens (primary N) is 2. The molecule has 0 aliphatic carbocycles. The van der Waals surface area contributed by atoms with Gasteiger partial charge in [-0.15, -0.1) is 0 Å². The molecule has 6 amide bonds. The number of aliphatic carboxylic acids is 2. The van der Waals surface area contributed by atoms with Gasteiger partial charge in [-0.25, -0.2) is 4.79 Å². The van der Waals surface area contributed by atoms with Crippen LogP contribution in [-0.2, 0) is 68.0 Å². The molecule has 410 valence electrons.